The zero-order valence-corrected chi connectivity index (χ0v) is 9.51. The van der Waals surface area contributed by atoms with Gasteiger partial charge in [-0.3, -0.25) is 4.90 Å². The summed E-state index contributed by atoms with van der Waals surface area (Å²) in [6.07, 6.45) is 1.94. The van der Waals surface area contributed by atoms with Gasteiger partial charge >= 0.3 is 0 Å². The van der Waals surface area contributed by atoms with E-state index in [0.29, 0.717) is 6.04 Å². The van der Waals surface area contributed by atoms with Crippen molar-refractivity contribution in [1.29, 1.82) is 0 Å². The lowest BCUT2D eigenvalue weighted by atomic mass is 10.2. The molecule has 1 N–H and O–H groups in total. The van der Waals surface area contributed by atoms with Crippen molar-refractivity contribution in [2.24, 2.45) is 5.92 Å². The average molecular weight is 184 g/mol. The van der Waals surface area contributed by atoms with Gasteiger partial charge in [0.2, 0.25) is 0 Å². The predicted molar refractivity (Wildman–Crippen MR) is 60.0 cm³/mol. The molecular formula is C11H24N2. The third kappa shape index (κ3) is 6.79. The molecule has 0 aliphatic rings. The third-order valence-corrected chi connectivity index (χ3v) is 2.16. The van der Waals surface area contributed by atoms with Gasteiger partial charge in [-0.1, -0.05) is 19.9 Å². The molecule has 0 radical (unpaired) electrons. The molecule has 0 fully saturated rings. The monoisotopic (exact) mass is 184 g/mol. The molecule has 0 aliphatic heterocycles. The fourth-order valence-corrected chi connectivity index (χ4v) is 1.12. The second-order valence-electron chi connectivity index (χ2n) is 4.13. The number of likely N-dealkylation sites (N-methyl/N-ethyl adjacent to an activating group) is 1. The summed E-state index contributed by atoms with van der Waals surface area (Å²) in [6.45, 7) is 13.5. The van der Waals surface area contributed by atoms with Crippen molar-refractivity contribution in [2.45, 2.75) is 26.8 Å². The molecule has 78 valence electrons. The van der Waals surface area contributed by atoms with E-state index in [1.54, 1.807) is 0 Å². The van der Waals surface area contributed by atoms with Crippen LogP contribution in [0.4, 0.5) is 0 Å². The zero-order valence-electron chi connectivity index (χ0n) is 9.51. The second kappa shape index (κ2) is 7.10. The molecule has 0 aromatic carbocycles. The number of nitrogens with zero attached hydrogens (tertiary/aromatic N) is 1. The van der Waals surface area contributed by atoms with Crippen molar-refractivity contribution in [3.63, 3.8) is 0 Å². The summed E-state index contributed by atoms with van der Waals surface area (Å²) in [4.78, 5) is 2.29. The molecular weight excluding hydrogens is 160 g/mol. The summed E-state index contributed by atoms with van der Waals surface area (Å²) in [5, 5.41) is 3.45. The minimum Gasteiger partial charge on any atom is -0.315 e. The van der Waals surface area contributed by atoms with Crippen molar-refractivity contribution < 1.29 is 0 Å². The van der Waals surface area contributed by atoms with E-state index in [1.807, 2.05) is 6.08 Å². The minimum atomic E-state index is 0.580. The van der Waals surface area contributed by atoms with Crippen LogP contribution in [0.2, 0.25) is 0 Å². The molecule has 2 nitrogen and oxygen atoms in total. The second-order valence-corrected chi connectivity index (χ2v) is 4.13. The fraction of sp³-hybridized carbons (Fsp3) is 0.818. The van der Waals surface area contributed by atoms with E-state index in [1.165, 1.54) is 0 Å². The topological polar surface area (TPSA) is 15.3 Å². The summed E-state index contributed by atoms with van der Waals surface area (Å²) >= 11 is 0. The normalized spacial score (nSPS) is 13.7. The van der Waals surface area contributed by atoms with Crippen molar-refractivity contribution in [3.05, 3.63) is 12.7 Å². The highest BCUT2D eigenvalue weighted by molar-refractivity contribution is 4.75. The maximum absolute atomic E-state index is 3.73. The van der Waals surface area contributed by atoms with E-state index < -0.39 is 0 Å². The molecule has 0 bridgehead atoms. The van der Waals surface area contributed by atoms with Crippen LogP contribution in [-0.4, -0.2) is 37.6 Å². The first kappa shape index (κ1) is 12.7. The predicted octanol–water partition coefficient (Wildman–Crippen LogP) is 1.74. The van der Waals surface area contributed by atoms with Gasteiger partial charge in [0.1, 0.15) is 0 Å². The fourth-order valence-electron chi connectivity index (χ4n) is 1.12. The van der Waals surface area contributed by atoms with E-state index >= 15 is 0 Å². The van der Waals surface area contributed by atoms with Gasteiger partial charge in [-0.05, 0) is 26.4 Å². The van der Waals surface area contributed by atoms with Crippen LogP contribution in [0.5, 0.6) is 0 Å². The van der Waals surface area contributed by atoms with E-state index in [-0.39, 0.29) is 0 Å². The number of hydrogen-bond donors (Lipinski definition) is 1. The smallest absolute Gasteiger partial charge is 0.0192 e. The summed E-state index contributed by atoms with van der Waals surface area (Å²) < 4.78 is 0. The largest absolute Gasteiger partial charge is 0.315 e. The first-order chi connectivity index (χ1) is 6.07. The Morgan fingerprint density at radius 1 is 1.31 bits per heavy atom. The molecule has 2 heteroatoms. The third-order valence-electron chi connectivity index (χ3n) is 2.16. The standard InChI is InChI=1S/C11H24N2/c1-6-7-13(5)11(4)9-12-8-10(2)3/h6,10-12H,1,7-9H2,2-5H3. The lowest BCUT2D eigenvalue weighted by Crippen LogP contribution is -2.38. The van der Waals surface area contributed by atoms with Crippen molar-refractivity contribution >= 4 is 0 Å². The lowest BCUT2D eigenvalue weighted by Gasteiger charge is -2.23. The SMILES string of the molecule is C=CCN(C)C(C)CNCC(C)C. The van der Waals surface area contributed by atoms with E-state index in [2.05, 4.69) is 44.6 Å². The Hall–Kier alpha value is -0.340. The van der Waals surface area contributed by atoms with Crippen LogP contribution in [0.1, 0.15) is 20.8 Å². The van der Waals surface area contributed by atoms with Crippen LogP contribution in [0.25, 0.3) is 0 Å². The Bertz CT molecular complexity index is 132. The van der Waals surface area contributed by atoms with Crippen LogP contribution in [0.3, 0.4) is 0 Å². The highest BCUT2D eigenvalue weighted by Gasteiger charge is 2.06. The van der Waals surface area contributed by atoms with Gasteiger partial charge in [0.15, 0.2) is 0 Å². The van der Waals surface area contributed by atoms with Crippen molar-refractivity contribution in [2.75, 3.05) is 26.7 Å². The van der Waals surface area contributed by atoms with Gasteiger partial charge < -0.3 is 5.32 Å². The Balaban J connectivity index is 3.48. The summed E-state index contributed by atoms with van der Waals surface area (Å²) in [6, 6.07) is 0.580. The Morgan fingerprint density at radius 3 is 2.38 bits per heavy atom. The molecule has 0 aliphatic carbocycles. The minimum absolute atomic E-state index is 0.580. The van der Waals surface area contributed by atoms with Gasteiger partial charge in [0.05, 0.1) is 0 Å². The molecule has 0 rings (SSSR count). The Labute approximate surface area is 83.0 Å². The molecule has 0 aromatic rings. The van der Waals surface area contributed by atoms with Crippen LogP contribution < -0.4 is 5.32 Å². The molecule has 13 heavy (non-hydrogen) atoms. The molecule has 0 heterocycles. The Morgan fingerprint density at radius 2 is 1.92 bits per heavy atom. The van der Waals surface area contributed by atoms with Gasteiger partial charge in [0, 0.05) is 19.1 Å². The zero-order chi connectivity index (χ0) is 10.3. The number of rotatable bonds is 7. The Kier molecular flexibility index (Phi) is 6.92. The average Bonchev–Trinajstić information content (AvgIpc) is 2.04. The lowest BCUT2D eigenvalue weighted by molar-refractivity contribution is 0.273. The first-order valence-corrected chi connectivity index (χ1v) is 5.09. The molecule has 0 amide bonds. The maximum atomic E-state index is 3.73. The van der Waals surface area contributed by atoms with Crippen LogP contribution in [0, 0.1) is 5.92 Å². The van der Waals surface area contributed by atoms with Crippen LogP contribution in [-0.2, 0) is 0 Å². The van der Waals surface area contributed by atoms with Gasteiger partial charge in [-0.15, -0.1) is 6.58 Å². The van der Waals surface area contributed by atoms with Crippen LogP contribution >= 0.6 is 0 Å². The van der Waals surface area contributed by atoms with Crippen molar-refractivity contribution in [3.8, 4) is 0 Å². The summed E-state index contributed by atoms with van der Waals surface area (Å²) in [5.41, 5.74) is 0. The maximum Gasteiger partial charge on any atom is 0.0192 e. The molecule has 0 saturated carbocycles. The molecule has 1 unspecified atom stereocenters. The van der Waals surface area contributed by atoms with E-state index in [4.69, 9.17) is 0 Å². The van der Waals surface area contributed by atoms with Crippen LogP contribution in [0.15, 0.2) is 12.7 Å². The molecule has 0 aromatic heterocycles. The molecule has 1 atom stereocenters. The first-order valence-electron chi connectivity index (χ1n) is 5.09. The quantitative estimate of drug-likeness (QED) is 0.606. The van der Waals surface area contributed by atoms with E-state index in [0.717, 1.165) is 25.6 Å². The van der Waals surface area contributed by atoms with Gasteiger partial charge in [-0.2, -0.15) is 0 Å². The highest BCUT2D eigenvalue weighted by atomic mass is 15.1. The van der Waals surface area contributed by atoms with E-state index in [9.17, 15) is 0 Å². The van der Waals surface area contributed by atoms with Gasteiger partial charge in [0.25, 0.3) is 0 Å². The van der Waals surface area contributed by atoms with Gasteiger partial charge in [-0.25, -0.2) is 0 Å². The summed E-state index contributed by atoms with van der Waals surface area (Å²) in [5.74, 6) is 0.733. The molecule has 0 spiro atoms. The highest BCUT2D eigenvalue weighted by Crippen LogP contribution is 1.94. The molecule has 0 saturated heterocycles. The summed E-state index contributed by atoms with van der Waals surface area (Å²) in [7, 11) is 2.13. The van der Waals surface area contributed by atoms with Crippen molar-refractivity contribution in [1.82, 2.24) is 10.2 Å². The number of nitrogens with one attached hydrogen (secondary N) is 1. The number of hydrogen-bond acceptors (Lipinski definition) is 2.